The number of nitrogens with one attached hydrogen (secondary N) is 2. The van der Waals surface area contributed by atoms with Crippen molar-refractivity contribution in [1.82, 2.24) is 0 Å². The molecule has 0 spiro atoms. The highest BCUT2D eigenvalue weighted by Gasteiger charge is 2.14. The number of carbonyl (C=O) groups excluding carboxylic acids is 2. The number of carbonyl (C=O) groups is 2. The van der Waals surface area contributed by atoms with Gasteiger partial charge in [0.1, 0.15) is 5.75 Å². The second-order valence-electron chi connectivity index (χ2n) is 5.83. The van der Waals surface area contributed by atoms with Crippen LogP contribution in [0.4, 0.5) is 16.2 Å². The lowest BCUT2D eigenvalue weighted by molar-refractivity contribution is 0.0526. The molecule has 2 amide bonds. The molecule has 0 atom stereocenters. The molecule has 0 saturated heterocycles. The van der Waals surface area contributed by atoms with Crippen LogP contribution < -0.4 is 10.6 Å². The van der Waals surface area contributed by atoms with Crippen LogP contribution in [0, 0.1) is 0 Å². The van der Waals surface area contributed by atoms with Crippen molar-refractivity contribution in [3.63, 3.8) is 0 Å². The quantitative estimate of drug-likeness (QED) is 0.476. The average molecular weight is 419 g/mol. The SMILES string of the molecule is CCOC(=O)c1cccc(NC(=O)Nc2c(Cl)cc(Cl)c3ccc(O)cc23)c1. The molecule has 0 unspecified atom stereocenters. The van der Waals surface area contributed by atoms with Crippen molar-refractivity contribution in [3.8, 4) is 5.75 Å². The molecule has 3 rings (SSSR count). The predicted molar refractivity (Wildman–Crippen MR) is 111 cm³/mol. The van der Waals surface area contributed by atoms with Crippen molar-refractivity contribution in [3.05, 3.63) is 64.1 Å². The lowest BCUT2D eigenvalue weighted by Crippen LogP contribution is -2.20. The summed E-state index contributed by atoms with van der Waals surface area (Å²) in [6.07, 6.45) is 0. The molecule has 6 nitrogen and oxygen atoms in total. The van der Waals surface area contributed by atoms with Gasteiger partial charge in [0, 0.05) is 16.5 Å². The topological polar surface area (TPSA) is 87.7 Å². The Kier molecular flexibility index (Phi) is 5.92. The van der Waals surface area contributed by atoms with Crippen LogP contribution in [0.15, 0.2) is 48.5 Å². The highest BCUT2D eigenvalue weighted by atomic mass is 35.5. The minimum Gasteiger partial charge on any atom is -0.508 e. The molecular weight excluding hydrogens is 403 g/mol. The molecule has 0 heterocycles. The molecular formula is C20H16Cl2N2O4. The van der Waals surface area contributed by atoms with Gasteiger partial charge in [0.2, 0.25) is 0 Å². The van der Waals surface area contributed by atoms with Crippen LogP contribution in [0.25, 0.3) is 10.8 Å². The monoisotopic (exact) mass is 418 g/mol. The Hall–Kier alpha value is -2.96. The third kappa shape index (κ3) is 4.30. The van der Waals surface area contributed by atoms with E-state index in [0.29, 0.717) is 32.7 Å². The summed E-state index contributed by atoms with van der Waals surface area (Å²) >= 11 is 12.4. The minimum absolute atomic E-state index is 0.0106. The number of aromatic hydroxyl groups is 1. The van der Waals surface area contributed by atoms with Crippen LogP contribution in [0.1, 0.15) is 17.3 Å². The van der Waals surface area contributed by atoms with Gasteiger partial charge in [0.25, 0.3) is 0 Å². The van der Waals surface area contributed by atoms with E-state index < -0.39 is 12.0 Å². The van der Waals surface area contributed by atoms with Gasteiger partial charge in [0.05, 0.1) is 27.9 Å². The summed E-state index contributed by atoms with van der Waals surface area (Å²) in [6.45, 7) is 1.97. The first-order chi connectivity index (χ1) is 13.4. The molecule has 3 aromatic rings. The summed E-state index contributed by atoms with van der Waals surface area (Å²) < 4.78 is 4.95. The number of phenolic OH excluding ortho intramolecular Hbond substituents is 1. The van der Waals surface area contributed by atoms with Gasteiger partial charge in [-0.3, -0.25) is 0 Å². The van der Waals surface area contributed by atoms with Crippen LogP contribution in [-0.2, 0) is 4.74 Å². The number of rotatable bonds is 4. The van der Waals surface area contributed by atoms with Gasteiger partial charge in [-0.15, -0.1) is 0 Å². The van der Waals surface area contributed by atoms with Crippen LogP contribution in [0.3, 0.4) is 0 Å². The third-order valence-electron chi connectivity index (χ3n) is 3.89. The highest BCUT2D eigenvalue weighted by molar-refractivity contribution is 6.41. The second kappa shape index (κ2) is 8.37. The van der Waals surface area contributed by atoms with E-state index in [1.54, 1.807) is 31.2 Å². The largest absolute Gasteiger partial charge is 0.508 e. The number of benzene rings is 3. The fraction of sp³-hybridized carbons (Fsp3) is 0.100. The van der Waals surface area contributed by atoms with E-state index in [4.69, 9.17) is 27.9 Å². The molecule has 0 fully saturated rings. The van der Waals surface area contributed by atoms with Crippen LogP contribution in [-0.4, -0.2) is 23.7 Å². The van der Waals surface area contributed by atoms with Crippen LogP contribution in [0.2, 0.25) is 10.0 Å². The molecule has 0 saturated carbocycles. The van der Waals surface area contributed by atoms with Crippen molar-refractivity contribution in [2.75, 3.05) is 17.2 Å². The van der Waals surface area contributed by atoms with E-state index in [0.717, 1.165) is 0 Å². The fourth-order valence-electron chi connectivity index (χ4n) is 2.68. The first-order valence-corrected chi connectivity index (χ1v) is 9.10. The fourth-order valence-corrected chi connectivity index (χ4v) is 3.27. The van der Waals surface area contributed by atoms with Crippen LogP contribution >= 0.6 is 23.2 Å². The Morgan fingerprint density at radius 1 is 1.00 bits per heavy atom. The van der Waals surface area contributed by atoms with Gasteiger partial charge in [-0.1, -0.05) is 29.3 Å². The summed E-state index contributed by atoms with van der Waals surface area (Å²) in [5.41, 5.74) is 1.02. The zero-order chi connectivity index (χ0) is 20.3. The zero-order valence-electron chi connectivity index (χ0n) is 14.8. The lowest BCUT2D eigenvalue weighted by Gasteiger charge is -2.14. The van der Waals surface area contributed by atoms with Gasteiger partial charge < -0.3 is 20.5 Å². The number of anilines is 2. The maximum Gasteiger partial charge on any atom is 0.338 e. The van der Waals surface area contributed by atoms with E-state index >= 15 is 0 Å². The molecule has 28 heavy (non-hydrogen) atoms. The van der Waals surface area contributed by atoms with E-state index in [1.165, 1.54) is 24.3 Å². The van der Waals surface area contributed by atoms with E-state index in [2.05, 4.69) is 10.6 Å². The van der Waals surface area contributed by atoms with Crippen molar-refractivity contribution in [2.45, 2.75) is 6.92 Å². The third-order valence-corrected chi connectivity index (χ3v) is 4.50. The summed E-state index contributed by atoms with van der Waals surface area (Å²) in [5, 5.41) is 16.8. The smallest absolute Gasteiger partial charge is 0.338 e. The van der Waals surface area contributed by atoms with Gasteiger partial charge >= 0.3 is 12.0 Å². The molecule has 0 aliphatic heterocycles. The van der Waals surface area contributed by atoms with Gasteiger partial charge in [-0.05, 0) is 49.4 Å². The summed E-state index contributed by atoms with van der Waals surface area (Å²) in [4.78, 5) is 24.3. The Morgan fingerprint density at radius 3 is 2.54 bits per heavy atom. The number of hydrogen-bond acceptors (Lipinski definition) is 4. The van der Waals surface area contributed by atoms with Gasteiger partial charge in [0.15, 0.2) is 0 Å². The lowest BCUT2D eigenvalue weighted by atomic mass is 10.1. The van der Waals surface area contributed by atoms with E-state index in [1.807, 2.05) is 0 Å². The molecule has 144 valence electrons. The summed E-state index contributed by atoms with van der Waals surface area (Å²) in [7, 11) is 0. The molecule has 0 aliphatic carbocycles. The number of hydrogen-bond donors (Lipinski definition) is 3. The Labute approximate surface area is 171 Å². The van der Waals surface area contributed by atoms with Gasteiger partial charge in [-0.2, -0.15) is 0 Å². The molecule has 0 bridgehead atoms. The predicted octanol–water partition coefficient (Wildman–Crippen LogP) is 5.67. The number of ether oxygens (including phenoxy) is 1. The first kappa shape index (κ1) is 19.8. The number of phenols is 1. The van der Waals surface area contributed by atoms with Crippen LogP contribution in [0.5, 0.6) is 5.75 Å². The minimum atomic E-state index is -0.574. The van der Waals surface area contributed by atoms with Crippen molar-refractivity contribution in [1.29, 1.82) is 0 Å². The number of esters is 1. The maximum atomic E-state index is 12.5. The second-order valence-corrected chi connectivity index (χ2v) is 6.64. The summed E-state index contributed by atoms with van der Waals surface area (Å²) in [6, 6.07) is 11.9. The standard InChI is InChI=1S/C20H16Cl2N2O4/c1-2-28-19(26)11-4-3-5-12(8-11)23-20(27)24-18-15-9-13(25)6-7-14(15)16(21)10-17(18)22/h3-10,25H,2H2,1H3,(H2,23,24,27). The van der Waals surface area contributed by atoms with Crippen molar-refractivity contribution < 1.29 is 19.4 Å². The number of halogens is 2. The molecule has 0 aliphatic rings. The number of fused-ring (bicyclic) bond motifs is 1. The normalized spacial score (nSPS) is 10.5. The van der Waals surface area contributed by atoms with Crippen molar-refractivity contribution in [2.24, 2.45) is 0 Å². The Balaban J connectivity index is 1.85. The molecule has 0 aromatic heterocycles. The molecule has 0 radical (unpaired) electrons. The maximum absolute atomic E-state index is 12.5. The average Bonchev–Trinajstić information content (AvgIpc) is 2.65. The molecule has 3 N–H and O–H groups in total. The summed E-state index contributed by atoms with van der Waals surface area (Å²) in [5.74, 6) is -0.467. The zero-order valence-corrected chi connectivity index (χ0v) is 16.3. The van der Waals surface area contributed by atoms with Crippen molar-refractivity contribution >= 4 is 57.3 Å². The number of urea groups is 1. The van der Waals surface area contributed by atoms with E-state index in [-0.39, 0.29) is 17.4 Å². The highest BCUT2D eigenvalue weighted by Crippen LogP contribution is 2.38. The van der Waals surface area contributed by atoms with Gasteiger partial charge in [-0.25, -0.2) is 9.59 Å². The Bertz CT molecular complexity index is 1070. The molecule has 3 aromatic carbocycles. The molecule has 8 heteroatoms. The first-order valence-electron chi connectivity index (χ1n) is 8.35. The van der Waals surface area contributed by atoms with E-state index in [9.17, 15) is 14.7 Å². The Morgan fingerprint density at radius 2 is 1.79 bits per heavy atom. The number of amides is 2.